The van der Waals surface area contributed by atoms with Crippen LogP contribution in [0, 0.1) is 0 Å². The molecule has 6 heteroatoms. The van der Waals surface area contributed by atoms with E-state index >= 15 is 0 Å². The van der Waals surface area contributed by atoms with Crippen LogP contribution in [0.5, 0.6) is 5.75 Å². The Morgan fingerprint density at radius 1 is 1.24 bits per heavy atom. The molecule has 116 valence electrons. The molecular weight excluding hydrogens is 274 g/mol. The van der Waals surface area contributed by atoms with E-state index in [0.29, 0.717) is 17.9 Å². The summed E-state index contributed by atoms with van der Waals surface area (Å²) < 4.78 is 10.4. The summed E-state index contributed by atoms with van der Waals surface area (Å²) in [5.41, 5.74) is -0.0249. The summed E-state index contributed by atoms with van der Waals surface area (Å²) in [6, 6.07) is 6.43. The Bertz CT molecular complexity index is 490. The van der Waals surface area contributed by atoms with Crippen molar-refractivity contribution < 1.29 is 24.2 Å². The lowest BCUT2D eigenvalue weighted by atomic mass is 10.2. The average molecular weight is 295 g/mol. The van der Waals surface area contributed by atoms with Crippen molar-refractivity contribution in [2.45, 2.75) is 45.8 Å². The Morgan fingerprint density at radius 2 is 1.81 bits per heavy atom. The summed E-state index contributed by atoms with van der Waals surface area (Å²) in [6.07, 6.45) is -1.06. The number of aliphatic carboxylic acids is 1. The Balaban J connectivity index is 2.62. The molecule has 0 saturated carbocycles. The van der Waals surface area contributed by atoms with Gasteiger partial charge in [0.05, 0.1) is 0 Å². The number of benzene rings is 1. The van der Waals surface area contributed by atoms with Gasteiger partial charge in [0.25, 0.3) is 0 Å². The fourth-order valence-corrected chi connectivity index (χ4v) is 1.51. The smallest absolute Gasteiger partial charge is 0.412 e. The average Bonchev–Trinajstić information content (AvgIpc) is 2.35. The number of ether oxygens (including phenoxy) is 2. The first-order valence-corrected chi connectivity index (χ1v) is 6.71. The van der Waals surface area contributed by atoms with Gasteiger partial charge in [-0.05, 0) is 51.5 Å². The number of carbonyl (C=O) groups excluding carboxylic acids is 1. The SMILES string of the molecule is CCC(Oc1ccc(NC(=O)OC(C)(C)C)cc1)C(=O)O. The summed E-state index contributed by atoms with van der Waals surface area (Å²) in [7, 11) is 0. The highest BCUT2D eigenvalue weighted by Gasteiger charge is 2.17. The van der Waals surface area contributed by atoms with Gasteiger partial charge in [-0.25, -0.2) is 9.59 Å². The predicted octanol–water partition coefficient (Wildman–Crippen LogP) is 3.28. The fourth-order valence-electron chi connectivity index (χ4n) is 1.51. The van der Waals surface area contributed by atoms with Crippen molar-refractivity contribution in [3.63, 3.8) is 0 Å². The number of amides is 1. The zero-order chi connectivity index (χ0) is 16.0. The molecular formula is C15H21NO5. The number of hydrogen-bond donors (Lipinski definition) is 2. The first-order chi connectivity index (χ1) is 9.71. The van der Waals surface area contributed by atoms with Crippen molar-refractivity contribution in [1.82, 2.24) is 0 Å². The molecule has 0 radical (unpaired) electrons. The molecule has 2 N–H and O–H groups in total. The third-order valence-electron chi connectivity index (χ3n) is 2.42. The summed E-state index contributed by atoms with van der Waals surface area (Å²) in [6.45, 7) is 7.07. The van der Waals surface area contributed by atoms with Gasteiger partial charge < -0.3 is 14.6 Å². The van der Waals surface area contributed by atoms with E-state index in [-0.39, 0.29) is 0 Å². The zero-order valence-corrected chi connectivity index (χ0v) is 12.7. The largest absolute Gasteiger partial charge is 0.479 e. The van der Waals surface area contributed by atoms with Gasteiger partial charge in [-0.15, -0.1) is 0 Å². The zero-order valence-electron chi connectivity index (χ0n) is 12.7. The van der Waals surface area contributed by atoms with Gasteiger partial charge in [-0.3, -0.25) is 5.32 Å². The minimum atomic E-state index is -1.01. The third kappa shape index (κ3) is 6.16. The number of nitrogens with one attached hydrogen (secondary N) is 1. The number of hydrogen-bond acceptors (Lipinski definition) is 4. The summed E-state index contributed by atoms with van der Waals surface area (Å²) in [5.74, 6) is -0.576. The summed E-state index contributed by atoms with van der Waals surface area (Å²) in [4.78, 5) is 22.5. The minimum Gasteiger partial charge on any atom is -0.479 e. The molecule has 0 aliphatic rings. The van der Waals surface area contributed by atoms with Crippen molar-refractivity contribution in [3.8, 4) is 5.75 Å². The maximum atomic E-state index is 11.6. The van der Waals surface area contributed by atoms with Gasteiger partial charge >= 0.3 is 12.1 Å². The van der Waals surface area contributed by atoms with E-state index in [2.05, 4.69) is 5.32 Å². The van der Waals surface area contributed by atoms with E-state index in [1.54, 1.807) is 52.0 Å². The Labute approximate surface area is 124 Å². The number of carbonyl (C=O) groups is 2. The maximum absolute atomic E-state index is 11.6. The predicted molar refractivity (Wildman–Crippen MR) is 78.6 cm³/mol. The van der Waals surface area contributed by atoms with Gasteiger partial charge in [-0.1, -0.05) is 6.92 Å². The van der Waals surface area contributed by atoms with E-state index in [1.165, 1.54) is 0 Å². The second-order valence-electron chi connectivity index (χ2n) is 5.50. The second kappa shape index (κ2) is 6.97. The minimum absolute atomic E-state index is 0.368. The molecule has 6 nitrogen and oxygen atoms in total. The van der Waals surface area contributed by atoms with Crippen LogP contribution in [0.4, 0.5) is 10.5 Å². The van der Waals surface area contributed by atoms with Crippen LogP contribution in [-0.2, 0) is 9.53 Å². The standard InChI is InChI=1S/C15H21NO5/c1-5-12(13(17)18)20-11-8-6-10(7-9-11)16-14(19)21-15(2,3)4/h6-9,12H,5H2,1-4H3,(H,16,19)(H,17,18). The molecule has 0 aliphatic carbocycles. The van der Waals surface area contributed by atoms with E-state index in [0.717, 1.165) is 0 Å². The molecule has 1 aromatic carbocycles. The van der Waals surface area contributed by atoms with Gasteiger partial charge in [0.1, 0.15) is 11.4 Å². The quantitative estimate of drug-likeness (QED) is 0.870. The summed E-state index contributed by atoms with van der Waals surface area (Å²) >= 11 is 0. The van der Waals surface area contributed by atoms with E-state index in [1.807, 2.05) is 0 Å². The molecule has 0 heterocycles. The molecule has 1 rings (SSSR count). The van der Waals surface area contributed by atoms with Gasteiger partial charge in [0, 0.05) is 5.69 Å². The van der Waals surface area contributed by atoms with Crippen molar-refractivity contribution in [2.24, 2.45) is 0 Å². The van der Waals surface area contributed by atoms with Crippen LogP contribution in [0.3, 0.4) is 0 Å². The molecule has 1 amide bonds. The monoisotopic (exact) mass is 295 g/mol. The number of anilines is 1. The highest BCUT2D eigenvalue weighted by atomic mass is 16.6. The van der Waals surface area contributed by atoms with E-state index in [9.17, 15) is 9.59 Å². The Kier molecular flexibility index (Phi) is 5.58. The number of carboxylic acids is 1. The highest BCUT2D eigenvalue weighted by molar-refractivity contribution is 5.84. The molecule has 0 bridgehead atoms. The number of rotatable bonds is 5. The molecule has 1 atom stereocenters. The Morgan fingerprint density at radius 3 is 2.24 bits per heavy atom. The second-order valence-corrected chi connectivity index (χ2v) is 5.50. The van der Waals surface area contributed by atoms with Crippen molar-refractivity contribution in [1.29, 1.82) is 0 Å². The molecule has 0 fully saturated rings. The molecule has 0 aliphatic heterocycles. The highest BCUT2D eigenvalue weighted by Crippen LogP contribution is 2.18. The summed E-state index contributed by atoms with van der Waals surface area (Å²) in [5, 5.41) is 11.5. The third-order valence-corrected chi connectivity index (χ3v) is 2.42. The van der Waals surface area contributed by atoms with E-state index in [4.69, 9.17) is 14.6 Å². The van der Waals surface area contributed by atoms with Crippen LogP contribution in [0.1, 0.15) is 34.1 Å². The lowest BCUT2D eigenvalue weighted by Crippen LogP contribution is -2.27. The molecule has 1 unspecified atom stereocenters. The molecule has 1 aromatic rings. The van der Waals surface area contributed by atoms with Crippen molar-refractivity contribution in [3.05, 3.63) is 24.3 Å². The van der Waals surface area contributed by atoms with Crippen LogP contribution in [0.15, 0.2) is 24.3 Å². The lowest BCUT2D eigenvalue weighted by Gasteiger charge is -2.19. The number of carboxylic acid groups (broad SMARTS) is 1. The topological polar surface area (TPSA) is 84.9 Å². The van der Waals surface area contributed by atoms with Gasteiger partial charge in [0.15, 0.2) is 6.10 Å². The molecule has 21 heavy (non-hydrogen) atoms. The molecule has 0 spiro atoms. The van der Waals surface area contributed by atoms with Crippen LogP contribution in [0.25, 0.3) is 0 Å². The van der Waals surface area contributed by atoms with Gasteiger partial charge in [-0.2, -0.15) is 0 Å². The maximum Gasteiger partial charge on any atom is 0.412 e. The van der Waals surface area contributed by atoms with Crippen LogP contribution in [0.2, 0.25) is 0 Å². The first-order valence-electron chi connectivity index (χ1n) is 6.71. The molecule has 0 saturated heterocycles. The fraction of sp³-hybridized carbons (Fsp3) is 0.467. The van der Waals surface area contributed by atoms with Gasteiger partial charge in [0.2, 0.25) is 0 Å². The lowest BCUT2D eigenvalue weighted by molar-refractivity contribution is -0.145. The Hall–Kier alpha value is -2.24. The van der Waals surface area contributed by atoms with Crippen LogP contribution in [-0.4, -0.2) is 28.9 Å². The van der Waals surface area contributed by atoms with Crippen LogP contribution >= 0.6 is 0 Å². The molecule has 0 aromatic heterocycles. The van der Waals surface area contributed by atoms with Crippen molar-refractivity contribution >= 4 is 17.7 Å². The normalized spacial score (nSPS) is 12.4. The first kappa shape index (κ1) is 16.8. The van der Waals surface area contributed by atoms with Crippen molar-refractivity contribution in [2.75, 3.05) is 5.32 Å². The van der Waals surface area contributed by atoms with E-state index < -0.39 is 23.8 Å². The van der Waals surface area contributed by atoms with Crippen LogP contribution < -0.4 is 10.1 Å².